The Kier molecular flexibility index (Phi) is 2.18. The van der Waals surface area contributed by atoms with Crippen LogP contribution in [0.2, 0.25) is 0 Å². The smallest absolute Gasteiger partial charge is 0.290 e. The summed E-state index contributed by atoms with van der Waals surface area (Å²) in [5, 5.41) is 0. The minimum atomic E-state index is -4.65. The largest absolute Gasteiger partial charge is 0.449 e. The lowest BCUT2D eigenvalue weighted by molar-refractivity contribution is -0.147. The summed E-state index contributed by atoms with van der Waals surface area (Å²) >= 11 is 0. The predicted molar refractivity (Wildman–Crippen MR) is 49.8 cm³/mol. The van der Waals surface area contributed by atoms with Crippen molar-refractivity contribution in [3.63, 3.8) is 0 Å². The van der Waals surface area contributed by atoms with Crippen molar-refractivity contribution < 1.29 is 13.2 Å². The summed E-state index contributed by atoms with van der Waals surface area (Å²) in [5.74, 6) is -1.22. The third kappa shape index (κ3) is 1.54. The van der Waals surface area contributed by atoms with Gasteiger partial charge in [-0.25, -0.2) is 9.97 Å². The summed E-state index contributed by atoms with van der Waals surface area (Å²) in [7, 11) is 1.02. The molecule has 2 rings (SSSR count). The van der Waals surface area contributed by atoms with Crippen molar-refractivity contribution in [3.8, 4) is 0 Å². The topological polar surface area (TPSA) is 47.8 Å². The van der Waals surface area contributed by atoms with Crippen LogP contribution in [0.5, 0.6) is 0 Å². The van der Waals surface area contributed by atoms with Crippen molar-refractivity contribution >= 4 is 11.0 Å². The van der Waals surface area contributed by atoms with Crippen molar-refractivity contribution in [2.45, 2.75) is 6.18 Å². The second-order valence-corrected chi connectivity index (χ2v) is 3.17. The van der Waals surface area contributed by atoms with Gasteiger partial charge < -0.3 is 0 Å². The zero-order valence-electron chi connectivity index (χ0n) is 8.12. The highest BCUT2D eigenvalue weighted by atomic mass is 19.4. The third-order valence-corrected chi connectivity index (χ3v) is 2.09. The number of pyridine rings is 1. The molecule has 16 heavy (non-hydrogen) atoms. The van der Waals surface area contributed by atoms with Gasteiger partial charge in [-0.15, -0.1) is 0 Å². The first-order valence-corrected chi connectivity index (χ1v) is 4.30. The molecule has 7 heteroatoms. The number of hydrogen-bond acceptors (Lipinski definition) is 3. The molecule has 0 N–H and O–H groups in total. The number of halogens is 3. The lowest BCUT2D eigenvalue weighted by atomic mass is 10.3. The molecule has 0 atom stereocenters. The number of nitrogens with zero attached hydrogens (tertiary/aromatic N) is 3. The van der Waals surface area contributed by atoms with Crippen LogP contribution >= 0.6 is 0 Å². The number of fused-ring (bicyclic) bond motifs is 1. The van der Waals surface area contributed by atoms with Crippen LogP contribution < -0.4 is 5.56 Å². The average Bonchev–Trinajstić information content (AvgIpc) is 2.22. The Morgan fingerprint density at radius 1 is 1.38 bits per heavy atom. The van der Waals surface area contributed by atoms with E-state index in [0.29, 0.717) is 4.57 Å². The molecule has 0 saturated carbocycles. The first-order chi connectivity index (χ1) is 7.41. The van der Waals surface area contributed by atoms with E-state index in [9.17, 15) is 18.0 Å². The van der Waals surface area contributed by atoms with E-state index in [2.05, 4.69) is 9.97 Å². The summed E-state index contributed by atoms with van der Waals surface area (Å²) < 4.78 is 38.0. The van der Waals surface area contributed by atoms with Gasteiger partial charge in [0.1, 0.15) is 0 Å². The fourth-order valence-corrected chi connectivity index (χ4v) is 1.35. The Bertz CT molecular complexity index is 603. The Hall–Kier alpha value is -1.92. The second-order valence-electron chi connectivity index (χ2n) is 3.17. The van der Waals surface area contributed by atoms with Gasteiger partial charge in [0.15, 0.2) is 5.52 Å². The minimum Gasteiger partial charge on any atom is -0.290 e. The highest BCUT2D eigenvalue weighted by molar-refractivity contribution is 5.72. The molecular formula is C9H6F3N3O. The van der Waals surface area contributed by atoms with E-state index < -0.39 is 17.6 Å². The first kappa shape index (κ1) is 10.6. The van der Waals surface area contributed by atoms with Gasteiger partial charge in [-0.1, -0.05) is 0 Å². The van der Waals surface area contributed by atoms with Gasteiger partial charge in [-0.05, 0) is 12.1 Å². The quantitative estimate of drug-likeness (QED) is 0.685. The van der Waals surface area contributed by atoms with Crippen molar-refractivity contribution in [1.82, 2.24) is 14.5 Å². The fraction of sp³-hybridized carbons (Fsp3) is 0.222. The van der Waals surface area contributed by atoms with Gasteiger partial charge >= 0.3 is 6.18 Å². The molecule has 4 nitrogen and oxygen atoms in total. The summed E-state index contributed by atoms with van der Waals surface area (Å²) in [6.07, 6.45) is -3.32. The van der Waals surface area contributed by atoms with Gasteiger partial charge in [0, 0.05) is 13.2 Å². The van der Waals surface area contributed by atoms with Crippen LogP contribution in [0.15, 0.2) is 23.1 Å². The van der Waals surface area contributed by atoms with E-state index in [1.165, 1.54) is 18.3 Å². The van der Waals surface area contributed by atoms with E-state index in [1.807, 2.05) is 0 Å². The molecule has 0 unspecified atom stereocenters. The number of aromatic nitrogens is 3. The summed E-state index contributed by atoms with van der Waals surface area (Å²) in [5.41, 5.74) is -0.936. The lowest BCUT2D eigenvalue weighted by Crippen LogP contribution is -2.28. The Morgan fingerprint density at radius 3 is 2.69 bits per heavy atom. The average molecular weight is 229 g/mol. The molecule has 0 aliphatic heterocycles. The van der Waals surface area contributed by atoms with E-state index in [4.69, 9.17) is 0 Å². The molecule has 0 spiro atoms. The molecule has 2 heterocycles. The van der Waals surface area contributed by atoms with Gasteiger partial charge in [0.2, 0.25) is 5.82 Å². The SMILES string of the molecule is Cn1c(C(F)(F)F)nc2cccnc2c1=O. The van der Waals surface area contributed by atoms with Gasteiger partial charge in [-0.3, -0.25) is 9.36 Å². The molecule has 0 aliphatic carbocycles. The number of hydrogen-bond donors (Lipinski definition) is 0. The summed E-state index contributed by atoms with van der Waals surface area (Å²) in [4.78, 5) is 18.6. The maximum absolute atomic E-state index is 12.5. The van der Waals surface area contributed by atoms with Crippen molar-refractivity contribution in [2.75, 3.05) is 0 Å². The maximum Gasteiger partial charge on any atom is 0.449 e. The molecule has 0 amide bonds. The summed E-state index contributed by atoms with van der Waals surface area (Å²) in [6.45, 7) is 0. The van der Waals surface area contributed by atoms with Gasteiger partial charge in [0.25, 0.3) is 5.56 Å². The van der Waals surface area contributed by atoms with Gasteiger partial charge in [0.05, 0.1) is 5.52 Å². The standard InChI is InChI=1S/C9H6F3N3O/c1-15-7(16)6-5(3-2-4-13-6)14-8(15)9(10,11)12/h2-4H,1H3. The predicted octanol–water partition coefficient (Wildman–Crippen LogP) is 1.35. The minimum absolute atomic E-state index is 0.0575. The highest BCUT2D eigenvalue weighted by Gasteiger charge is 2.36. The maximum atomic E-state index is 12.5. The van der Waals surface area contributed by atoms with E-state index >= 15 is 0 Å². The normalized spacial score (nSPS) is 12.0. The molecule has 84 valence electrons. The van der Waals surface area contributed by atoms with Crippen LogP contribution in [0.25, 0.3) is 11.0 Å². The zero-order valence-corrected chi connectivity index (χ0v) is 8.12. The zero-order chi connectivity index (χ0) is 11.9. The summed E-state index contributed by atoms with van der Waals surface area (Å²) in [6, 6.07) is 2.74. The molecule has 0 saturated heterocycles. The molecule has 0 fully saturated rings. The molecule has 0 aromatic carbocycles. The Morgan fingerprint density at radius 2 is 2.06 bits per heavy atom. The Balaban J connectivity index is 2.90. The monoisotopic (exact) mass is 229 g/mol. The molecular weight excluding hydrogens is 223 g/mol. The number of rotatable bonds is 0. The van der Waals surface area contributed by atoms with Crippen LogP contribution in [-0.2, 0) is 13.2 Å². The van der Waals surface area contributed by atoms with Crippen LogP contribution in [-0.4, -0.2) is 14.5 Å². The second kappa shape index (κ2) is 3.29. The molecule has 2 aromatic heterocycles. The van der Waals surface area contributed by atoms with Crippen LogP contribution in [0.4, 0.5) is 13.2 Å². The fourth-order valence-electron chi connectivity index (χ4n) is 1.35. The first-order valence-electron chi connectivity index (χ1n) is 4.30. The molecule has 0 bridgehead atoms. The van der Waals surface area contributed by atoms with Crippen LogP contribution in [0.1, 0.15) is 5.82 Å². The van der Waals surface area contributed by atoms with E-state index in [1.54, 1.807) is 0 Å². The molecule has 0 aliphatic rings. The van der Waals surface area contributed by atoms with Crippen molar-refractivity contribution in [3.05, 3.63) is 34.5 Å². The highest BCUT2D eigenvalue weighted by Crippen LogP contribution is 2.26. The van der Waals surface area contributed by atoms with E-state index in [-0.39, 0.29) is 11.0 Å². The van der Waals surface area contributed by atoms with Crippen LogP contribution in [0.3, 0.4) is 0 Å². The Labute approximate surface area is 87.4 Å². The third-order valence-electron chi connectivity index (χ3n) is 2.09. The molecule has 0 radical (unpaired) electrons. The van der Waals surface area contributed by atoms with Gasteiger partial charge in [-0.2, -0.15) is 13.2 Å². The molecule has 2 aromatic rings. The lowest BCUT2D eigenvalue weighted by Gasteiger charge is -2.10. The van der Waals surface area contributed by atoms with Crippen molar-refractivity contribution in [2.24, 2.45) is 7.05 Å². The van der Waals surface area contributed by atoms with E-state index in [0.717, 1.165) is 7.05 Å². The number of alkyl halides is 3. The van der Waals surface area contributed by atoms with Crippen LogP contribution in [0, 0.1) is 0 Å². The van der Waals surface area contributed by atoms with Crippen molar-refractivity contribution in [1.29, 1.82) is 0 Å².